The lowest BCUT2D eigenvalue weighted by Gasteiger charge is -2.15. The number of rotatable bonds is 8. The summed E-state index contributed by atoms with van der Waals surface area (Å²) in [7, 11) is -0.442. The number of hydrogen-bond donors (Lipinski definition) is 2. The number of likely N-dealkylation sites (N-methyl/N-ethyl adjacent to an activating group) is 1. The van der Waals surface area contributed by atoms with Crippen LogP contribution in [0.4, 0.5) is 5.69 Å². The predicted octanol–water partition coefficient (Wildman–Crippen LogP) is 0.999. The van der Waals surface area contributed by atoms with Gasteiger partial charge in [-0.15, -0.1) is 0 Å². The van der Waals surface area contributed by atoms with Crippen molar-refractivity contribution >= 4 is 21.6 Å². The molecule has 0 bridgehead atoms. The van der Waals surface area contributed by atoms with Crippen molar-refractivity contribution in [3.05, 3.63) is 36.0 Å². The highest BCUT2D eigenvalue weighted by atomic mass is 32.2. The standard InChI is InChI=1S/C16H23N5O4S/c1-11(17-3)9-15-19-16(25-20-15)10-21(4)26(23,24)14-7-5-13(6-8-14)18-12(2)22/h5-8,11,17H,9-10H2,1-4H3,(H,18,22). The van der Waals surface area contributed by atoms with Crippen molar-refractivity contribution in [1.29, 1.82) is 0 Å². The van der Waals surface area contributed by atoms with Crippen molar-refractivity contribution in [2.75, 3.05) is 19.4 Å². The molecule has 0 saturated carbocycles. The highest BCUT2D eigenvalue weighted by Crippen LogP contribution is 2.19. The van der Waals surface area contributed by atoms with E-state index in [2.05, 4.69) is 20.8 Å². The van der Waals surface area contributed by atoms with Crippen LogP contribution in [0.3, 0.4) is 0 Å². The van der Waals surface area contributed by atoms with Crippen molar-refractivity contribution in [2.45, 2.75) is 37.8 Å². The first-order valence-electron chi connectivity index (χ1n) is 8.05. The molecule has 1 aromatic heterocycles. The minimum atomic E-state index is -3.72. The predicted molar refractivity (Wildman–Crippen MR) is 95.9 cm³/mol. The molecule has 1 unspecified atom stereocenters. The molecule has 0 aliphatic heterocycles. The molecule has 0 aliphatic rings. The van der Waals surface area contributed by atoms with E-state index in [1.807, 2.05) is 14.0 Å². The fraction of sp³-hybridized carbons (Fsp3) is 0.438. The maximum absolute atomic E-state index is 12.6. The Labute approximate surface area is 152 Å². The molecule has 1 heterocycles. The average molecular weight is 381 g/mol. The van der Waals surface area contributed by atoms with E-state index in [9.17, 15) is 13.2 Å². The van der Waals surface area contributed by atoms with Gasteiger partial charge in [0.15, 0.2) is 5.82 Å². The van der Waals surface area contributed by atoms with Crippen LogP contribution in [0.5, 0.6) is 0 Å². The summed E-state index contributed by atoms with van der Waals surface area (Å²) in [5, 5.41) is 9.52. The second kappa shape index (κ2) is 8.39. The third kappa shape index (κ3) is 5.10. The van der Waals surface area contributed by atoms with Gasteiger partial charge in [0.05, 0.1) is 11.4 Å². The zero-order valence-electron chi connectivity index (χ0n) is 15.2. The van der Waals surface area contributed by atoms with E-state index < -0.39 is 10.0 Å². The highest BCUT2D eigenvalue weighted by molar-refractivity contribution is 7.89. The van der Waals surface area contributed by atoms with Gasteiger partial charge in [0, 0.05) is 32.1 Å². The van der Waals surface area contributed by atoms with Crippen molar-refractivity contribution in [3.63, 3.8) is 0 Å². The third-order valence-electron chi connectivity index (χ3n) is 3.73. The average Bonchev–Trinajstić information content (AvgIpc) is 3.01. The van der Waals surface area contributed by atoms with Gasteiger partial charge in [-0.25, -0.2) is 8.42 Å². The number of amides is 1. The van der Waals surface area contributed by atoms with Crippen LogP contribution >= 0.6 is 0 Å². The second-order valence-electron chi connectivity index (χ2n) is 5.96. The Bertz CT molecular complexity index is 848. The monoisotopic (exact) mass is 381 g/mol. The van der Waals surface area contributed by atoms with Gasteiger partial charge in [-0.1, -0.05) is 5.16 Å². The largest absolute Gasteiger partial charge is 0.338 e. The van der Waals surface area contributed by atoms with Gasteiger partial charge in [-0.05, 0) is 38.2 Å². The van der Waals surface area contributed by atoms with E-state index in [1.54, 1.807) is 0 Å². The minimum Gasteiger partial charge on any atom is -0.338 e. The van der Waals surface area contributed by atoms with E-state index in [-0.39, 0.29) is 29.3 Å². The SMILES string of the molecule is CNC(C)Cc1noc(CN(C)S(=O)(=O)c2ccc(NC(C)=O)cc2)n1. The first kappa shape index (κ1) is 20.0. The van der Waals surface area contributed by atoms with Crippen LogP contribution in [-0.4, -0.2) is 48.9 Å². The summed E-state index contributed by atoms with van der Waals surface area (Å²) in [6.07, 6.45) is 0.584. The maximum atomic E-state index is 12.6. The molecule has 0 fully saturated rings. The lowest BCUT2D eigenvalue weighted by molar-refractivity contribution is -0.114. The molecule has 142 valence electrons. The molecule has 9 nitrogen and oxygen atoms in total. The van der Waals surface area contributed by atoms with Crippen molar-refractivity contribution < 1.29 is 17.7 Å². The summed E-state index contributed by atoms with van der Waals surface area (Å²) in [4.78, 5) is 15.4. The van der Waals surface area contributed by atoms with Gasteiger partial charge in [0.2, 0.25) is 21.8 Å². The van der Waals surface area contributed by atoms with Gasteiger partial charge in [0.25, 0.3) is 0 Å². The van der Waals surface area contributed by atoms with Crippen LogP contribution in [-0.2, 0) is 27.8 Å². The number of anilines is 1. The number of benzene rings is 1. The minimum absolute atomic E-state index is 0.0310. The Morgan fingerprint density at radius 1 is 1.31 bits per heavy atom. The number of hydrogen-bond acceptors (Lipinski definition) is 7. The quantitative estimate of drug-likeness (QED) is 0.700. The van der Waals surface area contributed by atoms with Crippen LogP contribution in [0, 0.1) is 0 Å². The Morgan fingerprint density at radius 3 is 2.54 bits per heavy atom. The smallest absolute Gasteiger partial charge is 0.243 e. The number of nitrogens with one attached hydrogen (secondary N) is 2. The molecular formula is C16H23N5O4S. The Morgan fingerprint density at radius 2 is 1.96 bits per heavy atom. The van der Waals surface area contributed by atoms with Gasteiger partial charge >= 0.3 is 0 Å². The van der Waals surface area contributed by atoms with Crippen LogP contribution < -0.4 is 10.6 Å². The van der Waals surface area contributed by atoms with E-state index in [4.69, 9.17) is 4.52 Å². The number of sulfonamides is 1. The molecule has 1 aromatic carbocycles. The Kier molecular flexibility index (Phi) is 6.46. The van der Waals surface area contributed by atoms with Gasteiger partial charge in [0.1, 0.15) is 0 Å². The Hall–Kier alpha value is -2.30. The van der Waals surface area contributed by atoms with E-state index >= 15 is 0 Å². The summed E-state index contributed by atoms with van der Waals surface area (Å²) in [6.45, 7) is 3.34. The molecule has 10 heteroatoms. The molecular weight excluding hydrogens is 358 g/mol. The first-order chi connectivity index (χ1) is 12.2. The summed E-state index contributed by atoms with van der Waals surface area (Å²) in [6, 6.07) is 6.12. The maximum Gasteiger partial charge on any atom is 0.243 e. The van der Waals surface area contributed by atoms with Crippen molar-refractivity contribution in [2.24, 2.45) is 0 Å². The van der Waals surface area contributed by atoms with Gasteiger partial charge in [-0.2, -0.15) is 9.29 Å². The zero-order chi connectivity index (χ0) is 19.3. The molecule has 2 aromatic rings. The fourth-order valence-corrected chi connectivity index (χ4v) is 3.30. The fourth-order valence-electron chi connectivity index (χ4n) is 2.18. The molecule has 0 spiro atoms. The lowest BCUT2D eigenvalue weighted by atomic mass is 10.2. The molecule has 2 N–H and O–H groups in total. The lowest BCUT2D eigenvalue weighted by Crippen LogP contribution is -2.27. The number of carbonyl (C=O) groups excluding carboxylic acids is 1. The second-order valence-corrected chi connectivity index (χ2v) is 8.01. The first-order valence-corrected chi connectivity index (χ1v) is 9.49. The van der Waals surface area contributed by atoms with Crippen LogP contribution in [0.15, 0.2) is 33.7 Å². The highest BCUT2D eigenvalue weighted by Gasteiger charge is 2.23. The molecule has 0 aliphatic carbocycles. The summed E-state index contributed by atoms with van der Waals surface area (Å²) in [5.74, 6) is 0.522. The Balaban J connectivity index is 2.07. The molecule has 2 rings (SSSR count). The van der Waals surface area contributed by atoms with Crippen LogP contribution in [0.1, 0.15) is 25.6 Å². The number of aromatic nitrogens is 2. The normalized spacial score (nSPS) is 13.0. The van der Waals surface area contributed by atoms with Crippen molar-refractivity contribution in [1.82, 2.24) is 19.8 Å². The van der Waals surface area contributed by atoms with Crippen LogP contribution in [0.25, 0.3) is 0 Å². The number of carbonyl (C=O) groups is 1. The van der Waals surface area contributed by atoms with Gasteiger partial charge < -0.3 is 15.2 Å². The zero-order valence-corrected chi connectivity index (χ0v) is 16.0. The number of nitrogens with zero attached hydrogens (tertiary/aromatic N) is 3. The molecule has 1 atom stereocenters. The van der Waals surface area contributed by atoms with E-state index in [0.29, 0.717) is 17.9 Å². The van der Waals surface area contributed by atoms with Crippen LogP contribution in [0.2, 0.25) is 0 Å². The molecule has 26 heavy (non-hydrogen) atoms. The van der Waals surface area contributed by atoms with Crippen molar-refractivity contribution in [3.8, 4) is 0 Å². The molecule has 0 saturated heterocycles. The summed E-state index contributed by atoms with van der Waals surface area (Å²) >= 11 is 0. The molecule has 1 amide bonds. The van der Waals surface area contributed by atoms with Gasteiger partial charge in [-0.3, -0.25) is 4.79 Å². The van der Waals surface area contributed by atoms with E-state index in [0.717, 1.165) is 4.31 Å². The summed E-state index contributed by atoms with van der Waals surface area (Å²) in [5.41, 5.74) is 0.527. The third-order valence-corrected chi connectivity index (χ3v) is 5.55. The topological polar surface area (TPSA) is 117 Å². The van der Waals surface area contributed by atoms with E-state index in [1.165, 1.54) is 38.2 Å². The summed E-state index contributed by atoms with van der Waals surface area (Å²) < 4.78 is 31.5. The molecule has 0 radical (unpaired) electrons.